The van der Waals surface area contributed by atoms with E-state index in [0.29, 0.717) is 0 Å². The van der Waals surface area contributed by atoms with Gasteiger partial charge in [-0.05, 0) is 44.0 Å². The van der Waals surface area contributed by atoms with E-state index in [9.17, 15) is 13.9 Å². The maximum Gasteiger partial charge on any atom is 0.387 e. The van der Waals surface area contributed by atoms with E-state index >= 15 is 0 Å². The van der Waals surface area contributed by atoms with Gasteiger partial charge in [0.2, 0.25) is 0 Å². The third-order valence-electron chi connectivity index (χ3n) is 1.22. The Morgan fingerprint density at radius 2 is 1.69 bits per heavy atom. The molecule has 13 heavy (non-hydrogen) atoms. The Morgan fingerprint density at radius 1 is 1.23 bits per heavy atom. The zero-order valence-corrected chi connectivity index (χ0v) is 9.27. The number of ether oxygens (including phenoxy) is 1. The molecule has 1 N–H and O–H groups in total. The molecule has 0 aliphatic heterocycles. The molecule has 0 radical (unpaired) electrons. The number of phenols is 1. The summed E-state index contributed by atoms with van der Waals surface area (Å²) in [6.45, 7) is -2.87. The standard InChI is InChI=1S/C7H4Br2F2O2/c8-4-1-3(13-7(10)11)2-5(9)6(4)12/h1-2,7,12H. The SMILES string of the molecule is Oc1c(Br)cc(OC(F)F)cc1Br. The molecule has 0 amide bonds. The van der Waals surface area contributed by atoms with Gasteiger partial charge in [0.05, 0.1) is 8.95 Å². The normalized spacial score (nSPS) is 10.5. The first-order chi connectivity index (χ1) is 6.00. The van der Waals surface area contributed by atoms with Crippen molar-refractivity contribution < 1.29 is 18.6 Å². The van der Waals surface area contributed by atoms with Crippen molar-refractivity contribution in [1.82, 2.24) is 0 Å². The van der Waals surface area contributed by atoms with E-state index in [1.807, 2.05) is 0 Å². The highest BCUT2D eigenvalue weighted by Gasteiger charge is 2.09. The molecule has 0 atom stereocenters. The molecule has 0 bridgehead atoms. The average molecular weight is 318 g/mol. The van der Waals surface area contributed by atoms with Crippen molar-refractivity contribution in [2.75, 3.05) is 0 Å². The average Bonchev–Trinajstić information content (AvgIpc) is 1.98. The fourth-order valence-electron chi connectivity index (χ4n) is 0.713. The van der Waals surface area contributed by atoms with Gasteiger partial charge in [-0.15, -0.1) is 0 Å². The van der Waals surface area contributed by atoms with Crippen LogP contribution in [0, 0.1) is 0 Å². The van der Waals surface area contributed by atoms with Gasteiger partial charge < -0.3 is 9.84 Å². The van der Waals surface area contributed by atoms with Crippen molar-refractivity contribution >= 4 is 31.9 Å². The topological polar surface area (TPSA) is 29.5 Å². The molecule has 72 valence electrons. The van der Waals surface area contributed by atoms with Crippen molar-refractivity contribution in [2.45, 2.75) is 6.61 Å². The molecule has 0 aliphatic rings. The van der Waals surface area contributed by atoms with Crippen LogP contribution in [0.4, 0.5) is 8.78 Å². The molecule has 1 aromatic carbocycles. The molecule has 0 saturated carbocycles. The summed E-state index contributed by atoms with van der Waals surface area (Å²) in [6.07, 6.45) is 0. The number of aromatic hydroxyl groups is 1. The van der Waals surface area contributed by atoms with Gasteiger partial charge in [-0.2, -0.15) is 8.78 Å². The molecule has 0 spiro atoms. The van der Waals surface area contributed by atoms with Crippen molar-refractivity contribution in [3.05, 3.63) is 21.1 Å². The Morgan fingerprint density at radius 3 is 2.08 bits per heavy atom. The molecule has 6 heteroatoms. The second-order valence-corrected chi connectivity index (χ2v) is 3.82. The van der Waals surface area contributed by atoms with Gasteiger partial charge in [0, 0.05) is 0 Å². The predicted molar refractivity (Wildman–Crippen MR) is 50.1 cm³/mol. The Labute approximate surface area is 89.8 Å². The van der Waals surface area contributed by atoms with Crippen molar-refractivity contribution in [2.24, 2.45) is 0 Å². The first-order valence-electron chi connectivity index (χ1n) is 3.13. The lowest BCUT2D eigenvalue weighted by molar-refractivity contribution is -0.0499. The maximum absolute atomic E-state index is 11.8. The van der Waals surface area contributed by atoms with E-state index in [1.165, 1.54) is 12.1 Å². The summed E-state index contributed by atoms with van der Waals surface area (Å²) in [6, 6.07) is 2.51. The molecule has 0 unspecified atom stereocenters. The fourth-order valence-corrected chi connectivity index (χ4v) is 1.86. The van der Waals surface area contributed by atoms with E-state index in [4.69, 9.17) is 0 Å². The fraction of sp³-hybridized carbons (Fsp3) is 0.143. The minimum Gasteiger partial charge on any atom is -0.506 e. The summed E-state index contributed by atoms with van der Waals surface area (Å²) in [5.74, 6) is -0.0758. The first kappa shape index (κ1) is 10.7. The molecule has 0 saturated heterocycles. The van der Waals surface area contributed by atoms with Crippen molar-refractivity contribution in [3.63, 3.8) is 0 Å². The van der Waals surface area contributed by atoms with E-state index in [-0.39, 0.29) is 20.4 Å². The Kier molecular flexibility index (Phi) is 3.49. The summed E-state index contributed by atoms with van der Waals surface area (Å²) in [4.78, 5) is 0. The number of hydrogen-bond donors (Lipinski definition) is 1. The maximum atomic E-state index is 11.8. The van der Waals surface area contributed by atoms with Crippen LogP contribution in [0.15, 0.2) is 21.1 Å². The number of benzene rings is 1. The molecule has 0 fully saturated rings. The zero-order chi connectivity index (χ0) is 10.0. The van der Waals surface area contributed by atoms with Crippen LogP contribution >= 0.6 is 31.9 Å². The molecule has 1 aromatic rings. The van der Waals surface area contributed by atoms with Gasteiger partial charge >= 0.3 is 6.61 Å². The Hall–Kier alpha value is -0.360. The highest BCUT2D eigenvalue weighted by atomic mass is 79.9. The molecule has 0 aliphatic carbocycles. The van der Waals surface area contributed by atoms with E-state index < -0.39 is 6.61 Å². The highest BCUT2D eigenvalue weighted by Crippen LogP contribution is 2.36. The lowest BCUT2D eigenvalue weighted by Crippen LogP contribution is -2.01. The predicted octanol–water partition coefficient (Wildman–Crippen LogP) is 3.52. The number of rotatable bonds is 2. The minimum atomic E-state index is -2.87. The van der Waals surface area contributed by atoms with Crippen LogP contribution in [0.5, 0.6) is 11.5 Å². The monoisotopic (exact) mass is 316 g/mol. The number of phenolic OH excluding ortho intramolecular Hbond substituents is 1. The summed E-state index contributed by atoms with van der Waals surface area (Å²) < 4.78 is 28.2. The van der Waals surface area contributed by atoms with Crippen LogP contribution in [0.3, 0.4) is 0 Å². The van der Waals surface area contributed by atoms with Crippen LogP contribution in [-0.4, -0.2) is 11.7 Å². The first-order valence-corrected chi connectivity index (χ1v) is 4.72. The quantitative estimate of drug-likeness (QED) is 0.904. The lowest BCUT2D eigenvalue weighted by atomic mass is 10.3. The molecular formula is C7H4Br2F2O2. The third kappa shape index (κ3) is 2.80. The molecule has 1 rings (SSSR count). The van der Waals surface area contributed by atoms with Crippen LogP contribution in [0.25, 0.3) is 0 Å². The number of hydrogen-bond acceptors (Lipinski definition) is 2. The van der Waals surface area contributed by atoms with Crippen LogP contribution in [0.1, 0.15) is 0 Å². The van der Waals surface area contributed by atoms with Gasteiger partial charge in [-0.1, -0.05) is 0 Å². The Bertz CT molecular complexity index is 294. The van der Waals surface area contributed by atoms with Gasteiger partial charge in [-0.3, -0.25) is 0 Å². The van der Waals surface area contributed by atoms with Crippen LogP contribution in [-0.2, 0) is 0 Å². The van der Waals surface area contributed by atoms with Crippen molar-refractivity contribution in [1.29, 1.82) is 0 Å². The second-order valence-electron chi connectivity index (χ2n) is 2.11. The molecule has 0 heterocycles. The van der Waals surface area contributed by atoms with Gasteiger partial charge in [-0.25, -0.2) is 0 Å². The van der Waals surface area contributed by atoms with Gasteiger partial charge in [0.1, 0.15) is 11.5 Å². The smallest absolute Gasteiger partial charge is 0.387 e. The third-order valence-corrected chi connectivity index (χ3v) is 2.42. The number of alkyl halides is 2. The Balaban J connectivity index is 2.99. The van der Waals surface area contributed by atoms with E-state index in [2.05, 4.69) is 36.6 Å². The molecular weight excluding hydrogens is 314 g/mol. The summed E-state index contributed by atoms with van der Waals surface area (Å²) in [7, 11) is 0. The lowest BCUT2D eigenvalue weighted by Gasteiger charge is -2.06. The number of halogens is 4. The minimum absolute atomic E-state index is 0.0217. The molecule has 2 nitrogen and oxygen atoms in total. The zero-order valence-electron chi connectivity index (χ0n) is 6.10. The van der Waals surface area contributed by atoms with E-state index in [1.54, 1.807) is 0 Å². The summed E-state index contributed by atoms with van der Waals surface area (Å²) in [5, 5.41) is 9.23. The highest BCUT2D eigenvalue weighted by molar-refractivity contribution is 9.11. The van der Waals surface area contributed by atoms with Gasteiger partial charge in [0.15, 0.2) is 0 Å². The van der Waals surface area contributed by atoms with Crippen LogP contribution in [0.2, 0.25) is 0 Å². The van der Waals surface area contributed by atoms with E-state index in [0.717, 1.165) is 0 Å². The summed E-state index contributed by atoms with van der Waals surface area (Å²) in [5.41, 5.74) is 0. The summed E-state index contributed by atoms with van der Waals surface area (Å²) >= 11 is 5.96. The largest absolute Gasteiger partial charge is 0.506 e. The van der Waals surface area contributed by atoms with Crippen molar-refractivity contribution in [3.8, 4) is 11.5 Å². The van der Waals surface area contributed by atoms with Crippen LogP contribution < -0.4 is 4.74 Å². The molecule has 0 aromatic heterocycles. The second kappa shape index (κ2) is 4.23. The van der Waals surface area contributed by atoms with Gasteiger partial charge in [0.25, 0.3) is 0 Å².